The zero-order valence-electron chi connectivity index (χ0n) is 11.9. The standard InChI is InChI=1S/C17H20N2S/c1-3-13-9-11-15(12-10-13)18-17(20)19-16-8-6-5-7-14(16)4-2/h5-12H,3-4H2,1-2H3,(H2,18,19,20). The number of hydrogen-bond donors (Lipinski definition) is 2. The minimum absolute atomic E-state index is 0.621. The normalized spacial score (nSPS) is 10.1. The highest BCUT2D eigenvalue weighted by atomic mass is 32.1. The number of aryl methyl sites for hydroxylation is 2. The molecule has 0 amide bonds. The van der Waals surface area contributed by atoms with E-state index < -0.39 is 0 Å². The van der Waals surface area contributed by atoms with E-state index in [-0.39, 0.29) is 0 Å². The third kappa shape index (κ3) is 3.81. The molecule has 0 aliphatic rings. The first-order valence-corrected chi connectivity index (χ1v) is 7.38. The van der Waals surface area contributed by atoms with Gasteiger partial charge in [0.15, 0.2) is 5.11 Å². The maximum Gasteiger partial charge on any atom is 0.175 e. The van der Waals surface area contributed by atoms with Crippen LogP contribution in [0.25, 0.3) is 0 Å². The number of rotatable bonds is 4. The van der Waals surface area contributed by atoms with Gasteiger partial charge in [-0.1, -0.05) is 44.2 Å². The molecule has 0 aliphatic carbocycles. The van der Waals surface area contributed by atoms with Crippen molar-refractivity contribution in [2.75, 3.05) is 10.6 Å². The van der Waals surface area contributed by atoms with Crippen LogP contribution in [0, 0.1) is 0 Å². The SMILES string of the molecule is CCc1ccc(NC(=S)Nc2ccccc2CC)cc1. The Bertz CT molecular complexity index is 576. The van der Waals surface area contributed by atoms with Crippen molar-refractivity contribution < 1.29 is 0 Å². The minimum atomic E-state index is 0.621. The first-order chi connectivity index (χ1) is 9.72. The Morgan fingerprint density at radius 3 is 2.25 bits per heavy atom. The summed E-state index contributed by atoms with van der Waals surface area (Å²) < 4.78 is 0. The lowest BCUT2D eigenvalue weighted by Crippen LogP contribution is -2.19. The summed E-state index contributed by atoms with van der Waals surface area (Å²) in [7, 11) is 0. The number of anilines is 2. The molecule has 0 fully saturated rings. The number of thiocarbonyl (C=S) groups is 1. The van der Waals surface area contributed by atoms with Crippen molar-refractivity contribution in [3.63, 3.8) is 0 Å². The number of nitrogens with one attached hydrogen (secondary N) is 2. The molecule has 104 valence electrons. The maximum absolute atomic E-state index is 5.36. The third-order valence-corrected chi connectivity index (χ3v) is 3.47. The summed E-state index contributed by atoms with van der Waals surface area (Å²) in [4.78, 5) is 0. The van der Waals surface area contributed by atoms with E-state index in [2.05, 4.69) is 54.8 Å². The van der Waals surface area contributed by atoms with E-state index in [0.717, 1.165) is 24.2 Å². The van der Waals surface area contributed by atoms with Crippen LogP contribution in [0.3, 0.4) is 0 Å². The summed E-state index contributed by atoms with van der Waals surface area (Å²) in [5.41, 5.74) is 4.66. The molecule has 0 atom stereocenters. The van der Waals surface area contributed by atoms with Crippen LogP contribution >= 0.6 is 12.2 Å². The molecular weight excluding hydrogens is 264 g/mol. The fourth-order valence-corrected chi connectivity index (χ4v) is 2.29. The second-order valence-corrected chi connectivity index (χ2v) is 5.05. The molecule has 2 aromatic carbocycles. The summed E-state index contributed by atoms with van der Waals surface area (Å²) in [6.07, 6.45) is 2.03. The van der Waals surface area contributed by atoms with Gasteiger partial charge in [0.25, 0.3) is 0 Å². The fraction of sp³-hybridized carbons (Fsp3) is 0.235. The highest BCUT2D eigenvalue weighted by molar-refractivity contribution is 7.80. The molecule has 0 aliphatic heterocycles. The number of para-hydroxylation sites is 1. The molecule has 0 heterocycles. The van der Waals surface area contributed by atoms with Gasteiger partial charge in [0.05, 0.1) is 0 Å². The summed E-state index contributed by atoms with van der Waals surface area (Å²) >= 11 is 5.36. The Morgan fingerprint density at radius 2 is 1.60 bits per heavy atom. The lowest BCUT2D eigenvalue weighted by molar-refractivity contribution is 1.14. The van der Waals surface area contributed by atoms with Gasteiger partial charge in [-0.05, 0) is 54.4 Å². The Kier molecular flexibility index (Phi) is 5.13. The van der Waals surface area contributed by atoms with Crippen molar-refractivity contribution in [2.45, 2.75) is 26.7 Å². The number of benzene rings is 2. The van der Waals surface area contributed by atoms with Gasteiger partial charge in [-0.15, -0.1) is 0 Å². The molecule has 0 saturated carbocycles. The highest BCUT2D eigenvalue weighted by Gasteiger charge is 2.02. The summed E-state index contributed by atoms with van der Waals surface area (Å²) in [6, 6.07) is 16.6. The molecule has 0 saturated heterocycles. The zero-order valence-corrected chi connectivity index (χ0v) is 12.8. The predicted molar refractivity (Wildman–Crippen MR) is 91.5 cm³/mol. The van der Waals surface area contributed by atoms with Gasteiger partial charge in [0, 0.05) is 11.4 Å². The van der Waals surface area contributed by atoms with E-state index >= 15 is 0 Å². The van der Waals surface area contributed by atoms with Crippen molar-refractivity contribution in [3.8, 4) is 0 Å². The predicted octanol–water partition coefficient (Wildman–Crippen LogP) is 4.62. The second kappa shape index (κ2) is 7.06. The van der Waals surface area contributed by atoms with E-state index in [1.165, 1.54) is 11.1 Å². The smallest absolute Gasteiger partial charge is 0.175 e. The third-order valence-electron chi connectivity index (χ3n) is 3.27. The van der Waals surface area contributed by atoms with Crippen LogP contribution in [0.4, 0.5) is 11.4 Å². The van der Waals surface area contributed by atoms with E-state index in [1.807, 2.05) is 18.2 Å². The van der Waals surface area contributed by atoms with Crippen LogP contribution in [0.2, 0.25) is 0 Å². The first-order valence-electron chi connectivity index (χ1n) is 6.97. The van der Waals surface area contributed by atoms with Gasteiger partial charge in [-0.2, -0.15) is 0 Å². The van der Waals surface area contributed by atoms with Crippen LogP contribution in [0.5, 0.6) is 0 Å². The van der Waals surface area contributed by atoms with Crippen LogP contribution in [-0.2, 0) is 12.8 Å². The molecule has 0 aromatic heterocycles. The van der Waals surface area contributed by atoms with Gasteiger partial charge in [0.1, 0.15) is 0 Å². The van der Waals surface area contributed by atoms with E-state index in [1.54, 1.807) is 0 Å². The molecule has 2 N–H and O–H groups in total. The van der Waals surface area contributed by atoms with E-state index in [9.17, 15) is 0 Å². The Hall–Kier alpha value is -1.87. The number of hydrogen-bond acceptors (Lipinski definition) is 1. The largest absolute Gasteiger partial charge is 0.332 e. The van der Waals surface area contributed by atoms with Crippen LogP contribution in [0.1, 0.15) is 25.0 Å². The van der Waals surface area contributed by atoms with Crippen molar-refractivity contribution in [1.82, 2.24) is 0 Å². The summed E-state index contributed by atoms with van der Waals surface area (Å²) in [6.45, 7) is 4.29. The molecule has 0 spiro atoms. The minimum Gasteiger partial charge on any atom is -0.332 e. The van der Waals surface area contributed by atoms with Gasteiger partial charge >= 0.3 is 0 Å². The quantitative estimate of drug-likeness (QED) is 0.801. The van der Waals surface area contributed by atoms with Crippen molar-refractivity contribution in [3.05, 3.63) is 59.7 Å². The summed E-state index contributed by atoms with van der Waals surface area (Å²) in [5, 5.41) is 7.09. The van der Waals surface area contributed by atoms with Gasteiger partial charge in [0.2, 0.25) is 0 Å². The second-order valence-electron chi connectivity index (χ2n) is 4.64. The maximum atomic E-state index is 5.36. The van der Waals surface area contributed by atoms with Crippen LogP contribution in [0.15, 0.2) is 48.5 Å². The van der Waals surface area contributed by atoms with Gasteiger partial charge in [-0.3, -0.25) is 0 Å². The lowest BCUT2D eigenvalue weighted by Gasteiger charge is -2.13. The van der Waals surface area contributed by atoms with Crippen molar-refractivity contribution in [2.24, 2.45) is 0 Å². The topological polar surface area (TPSA) is 24.1 Å². The Morgan fingerprint density at radius 1 is 0.900 bits per heavy atom. The van der Waals surface area contributed by atoms with Gasteiger partial charge < -0.3 is 10.6 Å². The first kappa shape index (κ1) is 14.5. The summed E-state index contributed by atoms with van der Waals surface area (Å²) in [5.74, 6) is 0. The molecule has 0 bridgehead atoms. The molecule has 2 aromatic rings. The highest BCUT2D eigenvalue weighted by Crippen LogP contribution is 2.16. The van der Waals surface area contributed by atoms with Crippen molar-refractivity contribution >= 4 is 28.7 Å². The molecule has 2 nitrogen and oxygen atoms in total. The average Bonchev–Trinajstić information content (AvgIpc) is 2.48. The monoisotopic (exact) mass is 284 g/mol. The average molecular weight is 284 g/mol. The molecular formula is C17H20N2S. The molecule has 0 radical (unpaired) electrons. The lowest BCUT2D eigenvalue weighted by atomic mass is 10.1. The van der Waals surface area contributed by atoms with Crippen LogP contribution < -0.4 is 10.6 Å². The molecule has 20 heavy (non-hydrogen) atoms. The van der Waals surface area contributed by atoms with E-state index in [0.29, 0.717) is 5.11 Å². The molecule has 0 unspecified atom stereocenters. The fourth-order valence-electron chi connectivity index (χ4n) is 2.06. The Balaban J connectivity index is 2.01. The zero-order chi connectivity index (χ0) is 14.4. The van der Waals surface area contributed by atoms with Crippen LogP contribution in [-0.4, -0.2) is 5.11 Å². The molecule has 2 rings (SSSR count). The van der Waals surface area contributed by atoms with Crippen molar-refractivity contribution in [1.29, 1.82) is 0 Å². The van der Waals surface area contributed by atoms with E-state index in [4.69, 9.17) is 12.2 Å². The Labute approximate surface area is 126 Å². The molecule has 3 heteroatoms. The van der Waals surface area contributed by atoms with Gasteiger partial charge in [-0.25, -0.2) is 0 Å².